The normalized spacial score (nSPS) is 12.8. The van der Waals surface area contributed by atoms with Crippen LogP contribution in [0.5, 0.6) is 0 Å². The number of aliphatic carboxylic acids is 1. The van der Waals surface area contributed by atoms with Crippen LogP contribution in [0, 0.1) is 5.92 Å². The van der Waals surface area contributed by atoms with Crippen molar-refractivity contribution in [2.75, 3.05) is 6.61 Å². The molecule has 0 saturated heterocycles. The molecule has 0 unspecified atom stereocenters. The summed E-state index contributed by atoms with van der Waals surface area (Å²) < 4.78 is 5.40. The number of amides is 1. The Morgan fingerprint density at radius 2 is 1.90 bits per heavy atom. The van der Waals surface area contributed by atoms with Gasteiger partial charge in [0.1, 0.15) is 12.1 Å². The molecule has 1 aromatic carbocycles. The smallest absolute Gasteiger partial charge is 0.328 e. The first-order chi connectivity index (χ1) is 14.3. The van der Waals surface area contributed by atoms with Crippen molar-refractivity contribution in [1.82, 2.24) is 10.3 Å². The van der Waals surface area contributed by atoms with E-state index >= 15 is 0 Å². The van der Waals surface area contributed by atoms with Crippen molar-refractivity contribution in [2.24, 2.45) is 11.7 Å². The van der Waals surface area contributed by atoms with Crippen LogP contribution in [0.3, 0.4) is 0 Å². The lowest BCUT2D eigenvalue weighted by Gasteiger charge is -2.18. The molecular formula is C22H32ClN3O5. The topological polar surface area (TPSA) is 135 Å². The second kappa shape index (κ2) is 13.0. The van der Waals surface area contributed by atoms with Crippen LogP contribution in [0.2, 0.25) is 0 Å². The number of benzene rings is 1. The molecule has 0 radical (unpaired) electrons. The van der Waals surface area contributed by atoms with E-state index in [1.807, 2.05) is 30.5 Å². The van der Waals surface area contributed by atoms with E-state index in [-0.39, 0.29) is 31.7 Å². The Labute approximate surface area is 188 Å². The molecule has 0 saturated carbocycles. The van der Waals surface area contributed by atoms with Crippen LogP contribution in [0.4, 0.5) is 0 Å². The Kier molecular flexibility index (Phi) is 11.1. The largest absolute Gasteiger partial charge is 0.480 e. The average molecular weight is 454 g/mol. The summed E-state index contributed by atoms with van der Waals surface area (Å²) in [6, 6.07) is 5.72. The van der Waals surface area contributed by atoms with E-state index in [1.165, 1.54) is 0 Å². The number of halogens is 1. The number of fused-ring (bicyclic) bond motifs is 1. The summed E-state index contributed by atoms with van der Waals surface area (Å²) in [5.41, 5.74) is 7.28. The summed E-state index contributed by atoms with van der Waals surface area (Å²) in [6.07, 6.45) is 3.69. The maximum absolute atomic E-state index is 12.7. The van der Waals surface area contributed by atoms with Gasteiger partial charge in [0.05, 0.1) is 6.61 Å². The first-order valence-electron chi connectivity index (χ1n) is 10.3. The van der Waals surface area contributed by atoms with E-state index < -0.39 is 29.9 Å². The number of nitrogens with one attached hydrogen (secondary N) is 2. The Bertz CT molecular complexity index is 868. The fraction of sp³-hybridized carbons (Fsp3) is 0.500. The summed E-state index contributed by atoms with van der Waals surface area (Å²) in [6.45, 7) is 4.49. The molecule has 5 N–H and O–H groups in total. The Balaban J connectivity index is 0.00000480. The van der Waals surface area contributed by atoms with Gasteiger partial charge in [0.25, 0.3) is 0 Å². The molecule has 1 heterocycles. The summed E-state index contributed by atoms with van der Waals surface area (Å²) >= 11 is 0. The van der Waals surface area contributed by atoms with Crippen molar-refractivity contribution in [3.8, 4) is 0 Å². The molecule has 0 fully saturated rings. The number of carboxylic acid groups (broad SMARTS) is 1. The van der Waals surface area contributed by atoms with E-state index in [9.17, 15) is 14.4 Å². The predicted octanol–water partition coefficient (Wildman–Crippen LogP) is 2.79. The number of H-pyrrole nitrogens is 1. The summed E-state index contributed by atoms with van der Waals surface area (Å²) in [4.78, 5) is 39.0. The minimum atomic E-state index is -1.16. The minimum Gasteiger partial charge on any atom is -0.480 e. The van der Waals surface area contributed by atoms with Gasteiger partial charge in [-0.15, -0.1) is 12.4 Å². The summed E-state index contributed by atoms with van der Waals surface area (Å²) in [5.74, 6) is -1.58. The number of aromatic amines is 1. The lowest BCUT2D eigenvalue weighted by Crippen LogP contribution is -2.44. The van der Waals surface area contributed by atoms with Gasteiger partial charge in [0.2, 0.25) is 5.91 Å². The Hall–Kier alpha value is -2.58. The molecular weight excluding hydrogens is 422 g/mol. The lowest BCUT2D eigenvalue weighted by molar-refractivity contribution is -0.148. The highest BCUT2D eigenvalue weighted by molar-refractivity contribution is 5.87. The second-order valence-electron chi connectivity index (χ2n) is 7.87. The van der Waals surface area contributed by atoms with E-state index in [0.717, 1.165) is 29.3 Å². The number of carboxylic acids is 1. The van der Waals surface area contributed by atoms with Crippen LogP contribution < -0.4 is 11.1 Å². The zero-order valence-corrected chi connectivity index (χ0v) is 18.7. The number of carbonyl (C=O) groups excluding carboxylic acids is 2. The number of para-hydroxylation sites is 1. The van der Waals surface area contributed by atoms with Crippen LogP contribution >= 0.6 is 12.4 Å². The molecule has 2 rings (SSSR count). The molecule has 0 bridgehead atoms. The molecule has 0 aliphatic heterocycles. The molecule has 0 spiro atoms. The van der Waals surface area contributed by atoms with Crippen LogP contribution in [0.15, 0.2) is 30.5 Å². The van der Waals surface area contributed by atoms with Gasteiger partial charge in [-0.05, 0) is 36.8 Å². The molecule has 2 atom stereocenters. The van der Waals surface area contributed by atoms with Crippen molar-refractivity contribution in [1.29, 1.82) is 0 Å². The Morgan fingerprint density at radius 3 is 2.58 bits per heavy atom. The van der Waals surface area contributed by atoms with Crippen molar-refractivity contribution < 1.29 is 24.2 Å². The van der Waals surface area contributed by atoms with Crippen LogP contribution in [-0.4, -0.2) is 46.6 Å². The maximum atomic E-state index is 12.7. The molecule has 2 aromatic rings. The van der Waals surface area contributed by atoms with Gasteiger partial charge in [0, 0.05) is 29.9 Å². The highest BCUT2D eigenvalue weighted by Gasteiger charge is 2.24. The molecule has 8 nitrogen and oxygen atoms in total. The van der Waals surface area contributed by atoms with Crippen molar-refractivity contribution >= 4 is 41.2 Å². The average Bonchev–Trinajstić information content (AvgIpc) is 3.11. The third-order valence-corrected chi connectivity index (χ3v) is 4.89. The quantitative estimate of drug-likeness (QED) is 0.288. The third kappa shape index (κ3) is 8.59. The minimum absolute atomic E-state index is 0. The number of esters is 1. The van der Waals surface area contributed by atoms with Crippen molar-refractivity contribution in [3.63, 3.8) is 0 Å². The monoisotopic (exact) mass is 453 g/mol. The van der Waals surface area contributed by atoms with Gasteiger partial charge in [-0.3, -0.25) is 9.59 Å². The second-order valence-corrected chi connectivity index (χ2v) is 7.87. The number of ether oxygens (including phenoxy) is 1. The van der Waals surface area contributed by atoms with Crippen LogP contribution in [0.25, 0.3) is 10.9 Å². The molecule has 31 heavy (non-hydrogen) atoms. The van der Waals surface area contributed by atoms with E-state index in [4.69, 9.17) is 15.6 Å². The number of carbonyl (C=O) groups is 3. The van der Waals surface area contributed by atoms with E-state index in [1.54, 1.807) is 0 Å². The lowest BCUT2D eigenvalue weighted by atomic mass is 10.0. The van der Waals surface area contributed by atoms with Crippen molar-refractivity contribution in [3.05, 3.63) is 36.0 Å². The Morgan fingerprint density at radius 1 is 1.19 bits per heavy atom. The molecule has 9 heteroatoms. The van der Waals surface area contributed by atoms with Crippen LogP contribution in [0.1, 0.15) is 45.1 Å². The van der Waals surface area contributed by atoms with Gasteiger partial charge in [-0.25, -0.2) is 4.79 Å². The number of hydrogen-bond acceptors (Lipinski definition) is 5. The van der Waals surface area contributed by atoms with Gasteiger partial charge >= 0.3 is 11.9 Å². The third-order valence-electron chi connectivity index (χ3n) is 4.89. The van der Waals surface area contributed by atoms with Gasteiger partial charge in [0.15, 0.2) is 0 Å². The van der Waals surface area contributed by atoms with E-state index in [2.05, 4.69) is 24.1 Å². The zero-order valence-electron chi connectivity index (χ0n) is 17.9. The molecule has 172 valence electrons. The highest BCUT2D eigenvalue weighted by atomic mass is 35.5. The summed E-state index contributed by atoms with van der Waals surface area (Å²) in [7, 11) is 0. The maximum Gasteiger partial charge on any atom is 0.328 e. The van der Waals surface area contributed by atoms with Crippen LogP contribution in [-0.2, 0) is 25.5 Å². The highest BCUT2D eigenvalue weighted by Crippen LogP contribution is 2.19. The van der Waals surface area contributed by atoms with Crippen molar-refractivity contribution in [2.45, 2.75) is 58.0 Å². The zero-order chi connectivity index (χ0) is 22.1. The molecule has 0 aliphatic rings. The molecule has 1 aromatic heterocycles. The number of hydrogen-bond donors (Lipinski definition) is 4. The van der Waals surface area contributed by atoms with E-state index in [0.29, 0.717) is 12.5 Å². The first kappa shape index (κ1) is 26.5. The number of aromatic nitrogens is 1. The van der Waals surface area contributed by atoms with Gasteiger partial charge in [-0.2, -0.15) is 0 Å². The standard InChI is InChI=1S/C22H31N3O5.ClH/c1-14(2)6-5-11-30-22(29)19(25-20(26)10-9-17(23)21(27)28)12-15-13-24-18-8-4-3-7-16(15)18;/h3-4,7-8,13-14,17,19,24H,5-6,9-12,23H2,1-2H3,(H,25,26)(H,27,28);1H/t17-,19+;/m1./s1. The number of nitrogens with two attached hydrogens (primary N) is 1. The molecule has 0 aliphatic carbocycles. The SMILES string of the molecule is CC(C)CCCOC(=O)[C@H](Cc1c[nH]c2ccccc12)NC(=O)CC[C@@H](N)C(=O)O.Cl. The fourth-order valence-corrected chi connectivity index (χ4v) is 3.16. The molecule has 1 amide bonds. The predicted molar refractivity (Wildman–Crippen MR) is 121 cm³/mol. The van der Waals surface area contributed by atoms with Gasteiger partial charge in [-0.1, -0.05) is 32.0 Å². The van der Waals surface area contributed by atoms with Gasteiger partial charge < -0.3 is 25.9 Å². The fourth-order valence-electron chi connectivity index (χ4n) is 3.16. The number of rotatable bonds is 12. The first-order valence-corrected chi connectivity index (χ1v) is 10.3. The summed E-state index contributed by atoms with van der Waals surface area (Å²) in [5, 5.41) is 12.5.